The summed E-state index contributed by atoms with van der Waals surface area (Å²) in [5, 5.41) is 0.621. The Morgan fingerprint density at radius 2 is 1.91 bits per heavy atom. The van der Waals surface area contributed by atoms with Crippen molar-refractivity contribution in [3.63, 3.8) is 0 Å². The molecule has 1 amide bonds. The van der Waals surface area contributed by atoms with E-state index in [1.807, 2.05) is 41.3 Å². The molecular weight excluding hydrogens is 486 g/mol. The predicted octanol–water partition coefficient (Wildman–Crippen LogP) is 5.70. The first kappa shape index (κ1) is 22.7. The smallest absolute Gasteiger partial charge is 0.262 e. The maximum Gasteiger partial charge on any atom is 0.262 e. The van der Waals surface area contributed by atoms with Crippen LogP contribution in [0.2, 0.25) is 0 Å². The average molecular weight is 512 g/mol. The normalized spacial score (nSPS) is 13.9. The first-order valence-corrected chi connectivity index (χ1v) is 12.2. The van der Waals surface area contributed by atoms with Crippen molar-refractivity contribution in [1.29, 1.82) is 0 Å². The van der Waals surface area contributed by atoms with Gasteiger partial charge in [-0.1, -0.05) is 58.8 Å². The molecule has 0 saturated carbocycles. The van der Waals surface area contributed by atoms with E-state index in [1.54, 1.807) is 4.57 Å². The number of hydrogen-bond donors (Lipinski definition) is 1. The molecule has 0 bridgehead atoms. The molecule has 166 valence electrons. The monoisotopic (exact) mass is 511 g/mol. The van der Waals surface area contributed by atoms with E-state index in [9.17, 15) is 9.59 Å². The number of rotatable bonds is 7. The topological polar surface area (TPSA) is 58.1 Å². The highest BCUT2D eigenvalue weighted by Crippen LogP contribution is 2.22. The van der Waals surface area contributed by atoms with Gasteiger partial charge in [-0.3, -0.25) is 14.2 Å². The molecular formula is C25H26BrN3O2S. The molecule has 0 radical (unpaired) electrons. The molecule has 0 unspecified atom stereocenters. The van der Waals surface area contributed by atoms with Crippen molar-refractivity contribution in [3.8, 4) is 0 Å². The number of nitrogens with one attached hydrogen (secondary N) is 1. The third-order valence-electron chi connectivity index (χ3n) is 5.92. The van der Waals surface area contributed by atoms with Crippen molar-refractivity contribution in [2.75, 3.05) is 13.1 Å². The van der Waals surface area contributed by atoms with Crippen LogP contribution >= 0.6 is 28.1 Å². The minimum atomic E-state index is -0.0737. The van der Waals surface area contributed by atoms with Gasteiger partial charge in [-0.2, -0.15) is 0 Å². The van der Waals surface area contributed by atoms with Crippen LogP contribution in [0.5, 0.6) is 0 Å². The summed E-state index contributed by atoms with van der Waals surface area (Å²) in [4.78, 5) is 30.4. The molecule has 5 nitrogen and oxygen atoms in total. The van der Waals surface area contributed by atoms with E-state index in [4.69, 9.17) is 12.2 Å². The molecule has 0 saturated heterocycles. The van der Waals surface area contributed by atoms with Gasteiger partial charge in [0.15, 0.2) is 4.77 Å². The third-order valence-corrected chi connectivity index (χ3v) is 6.74. The minimum Gasteiger partial charge on any atom is -0.339 e. The Kier molecular flexibility index (Phi) is 7.37. The Bertz CT molecular complexity index is 1260. The van der Waals surface area contributed by atoms with Gasteiger partial charge in [0.05, 0.1) is 10.9 Å². The summed E-state index contributed by atoms with van der Waals surface area (Å²) in [5.74, 6) is 0.207. The Morgan fingerprint density at radius 3 is 2.66 bits per heavy atom. The SMILES string of the molecule is O=C(CCCCCn1c(=S)[nH]c2ccc(Br)cc2c1=O)N1CC=C(c2ccccc2)CC1. The van der Waals surface area contributed by atoms with Gasteiger partial charge in [-0.25, -0.2) is 0 Å². The summed E-state index contributed by atoms with van der Waals surface area (Å²) >= 11 is 8.80. The summed E-state index contributed by atoms with van der Waals surface area (Å²) in [6.07, 6.45) is 6.11. The quantitative estimate of drug-likeness (QED) is 0.327. The zero-order valence-electron chi connectivity index (χ0n) is 17.9. The van der Waals surface area contributed by atoms with E-state index in [0.29, 0.717) is 29.7 Å². The molecule has 4 rings (SSSR count). The number of hydrogen-bond acceptors (Lipinski definition) is 3. The third kappa shape index (κ3) is 5.27. The number of nitrogens with zero attached hydrogens (tertiary/aromatic N) is 2. The summed E-state index contributed by atoms with van der Waals surface area (Å²) in [7, 11) is 0. The fourth-order valence-corrected chi connectivity index (χ4v) is 4.76. The van der Waals surface area contributed by atoms with Gasteiger partial charge in [-0.15, -0.1) is 0 Å². The lowest BCUT2D eigenvalue weighted by Gasteiger charge is -2.26. The van der Waals surface area contributed by atoms with Crippen molar-refractivity contribution in [1.82, 2.24) is 14.5 Å². The molecule has 1 aliphatic heterocycles. The van der Waals surface area contributed by atoms with Crippen LogP contribution in [0.1, 0.15) is 37.7 Å². The number of carbonyl (C=O) groups excluding carboxylic acids is 1. The number of fused-ring (bicyclic) bond motifs is 1. The summed E-state index contributed by atoms with van der Waals surface area (Å²) in [6.45, 7) is 2.01. The highest BCUT2D eigenvalue weighted by atomic mass is 79.9. The molecule has 0 spiro atoms. The first-order valence-electron chi connectivity index (χ1n) is 11.0. The van der Waals surface area contributed by atoms with E-state index < -0.39 is 0 Å². The van der Waals surface area contributed by atoms with Crippen LogP contribution in [0.15, 0.2) is 63.9 Å². The van der Waals surface area contributed by atoms with Crippen LogP contribution in [-0.2, 0) is 11.3 Å². The van der Waals surface area contributed by atoms with Crippen LogP contribution in [0.25, 0.3) is 16.5 Å². The van der Waals surface area contributed by atoms with Crippen molar-refractivity contribution in [2.45, 2.75) is 38.6 Å². The highest BCUT2D eigenvalue weighted by molar-refractivity contribution is 9.10. The van der Waals surface area contributed by atoms with Crippen molar-refractivity contribution >= 4 is 50.5 Å². The van der Waals surface area contributed by atoms with Crippen LogP contribution in [-0.4, -0.2) is 33.4 Å². The maximum atomic E-state index is 12.8. The van der Waals surface area contributed by atoms with E-state index >= 15 is 0 Å². The summed E-state index contributed by atoms with van der Waals surface area (Å²) in [6, 6.07) is 15.9. The maximum absolute atomic E-state index is 12.8. The lowest BCUT2D eigenvalue weighted by molar-refractivity contribution is -0.130. The zero-order chi connectivity index (χ0) is 22.5. The van der Waals surface area contributed by atoms with E-state index in [2.05, 4.69) is 39.1 Å². The fraction of sp³-hybridized carbons (Fsp3) is 0.320. The van der Waals surface area contributed by atoms with Crippen LogP contribution in [0.4, 0.5) is 0 Å². The summed E-state index contributed by atoms with van der Waals surface area (Å²) in [5.41, 5.74) is 3.24. The number of aromatic nitrogens is 2. The van der Waals surface area contributed by atoms with Crippen LogP contribution in [0.3, 0.4) is 0 Å². The van der Waals surface area contributed by atoms with Gasteiger partial charge in [-0.05, 0) is 60.8 Å². The van der Waals surface area contributed by atoms with Gasteiger partial charge in [0.25, 0.3) is 5.56 Å². The van der Waals surface area contributed by atoms with Crippen molar-refractivity contribution in [2.24, 2.45) is 0 Å². The van der Waals surface area contributed by atoms with E-state index in [-0.39, 0.29) is 11.5 Å². The molecule has 2 aromatic carbocycles. The highest BCUT2D eigenvalue weighted by Gasteiger charge is 2.17. The lowest BCUT2D eigenvalue weighted by Crippen LogP contribution is -2.34. The number of benzene rings is 2. The second-order valence-electron chi connectivity index (χ2n) is 8.07. The number of H-pyrrole nitrogens is 1. The molecule has 1 aliphatic rings. The van der Waals surface area contributed by atoms with E-state index in [0.717, 1.165) is 42.2 Å². The second-order valence-corrected chi connectivity index (χ2v) is 9.38. The molecule has 0 atom stereocenters. The molecule has 2 heterocycles. The van der Waals surface area contributed by atoms with Gasteiger partial charge in [0.2, 0.25) is 5.91 Å². The minimum absolute atomic E-state index is 0.0737. The number of amides is 1. The molecule has 0 fully saturated rings. The zero-order valence-corrected chi connectivity index (χ0v) is 20.3. The number of aromatic amines is 1. The van der Waals surface area contributed by atoms with E-state index in [1.165, 1.54) is 11.1 Å². The van der Waals surface area contributed by atoms with Gasteiger partial charge < -0.3 is 9.88 Å². The lowest BCUT2D eigenvalue weighted by atomic mass is 9.99. The number of halogens is 1. The van der Waals surface area contributed by atoms with Gasteiger partial charge in [0, 0.05) is 30.5 Å². The summed E-state index contributed by atoms with van der Waals surface area (Å²) < 4.78 is 2.92. The number of carbonyl (C=O) groups is 1. The van der Waals surface area contributed by atoms with Gasteiger partial charge >= 0.3 is 0 Å². The predicted molar refractivity (Wildman–Crippen MR) is 135 cm³/mol. The molecule has 3 aromatic rings. The molecule has 7 heteroatoms. The first-order chi connectivity index (χ1) is 15.5. The van der Waals surface area contributed by atoms with Crippen LogP contribution < -0.4 is 5.56 Å². The molecule has 1 aromatic heterocycles. The average Bonchev–Trinajstić information content (AvgIpc) is 2.82. The Balaban J connectivity index is 1.26. The number of unbranched alkanes of at least 4 members (excludes halogenated alkanes) is 2. The fourth-order valence-electron chi connectivity index (χ4n) is 4.12. The molecule has 1 N–H and O–H groups in total. The van der Waals surface area contributed by atoms with Crippen molar-refractivity contribution in [3.05, 3.63) is 79.8 Å². The van der Waals surface area contributed by atoms with Gasteiger partial charge in [0.1, 0.15) is 0 Å². The second kappa shape index (κ2) is 10.4. The molecule has 0 aliphatic carbocycles. The Hall–Kier alpha value is -2.51. The standard InChI is InChI=1S/C25H26BrN3O2S/c26-20-10-11-22-21(17-20)24(31)29(25(32)27-22)14-6-2-5-9-23(30)28-15-12-19(13-16-28)18-7-3-1-4-8-18/h1,3-4,7-8,10-12,17H,2,5-6,9,13-16H2,(H,27,32). The Morgan fingerprint density at radius 1 is 1.09 bits per heavy atom. The molecule has 32 heavy (non-hydrogen) atoms. The van der Waals surface area contributed by atoms with Crippen molar-refractivity contribution < 1.29 is 4.79 Å². The van der Waals surface area contributed by atoms with Crippen LogP contribution in [0, 0.1) is 4.77 Å². The Labute approximate surface area is 200 Å². The largest absolute Gasteiger partial charge is 0.339 e.